The first-order chi connectivity index (χ1) is 5.52. The molecule has 1 aromatic heterocycles. The summed E-state index contributed by atoms with van der Waals surface area (Å²) in [5.74, 6) is 1.07. The second-order valence-electron chi connectivity index (χ2n) is 3.93. The predicted molar refractivity (Wildman–Crippen MR) is 51.5 cm³/mol. The van der Waals surface area contributed by atoms with Crippen LogP contribution in [0.25, 0.3) is 0 Å². The van der Waals surface area contributed by atoms with Crippen molar-refractivity contribution in [2.45, 2.75) is 46.5 Å². The summed E-state index contributed by atoms with van der Waals surface area (Å²) in [6.07, 6.45) is 0. The second-order valence-corrected chi connectivity index (χ2v) is 3.93. The Balaban J connectivity index is 0. The molecule has 0 bridgehead atoms. The summed E-state index contributed by atoms with van der Waals surface area (Å²) in [5, 5.41) is 0. The Morgan fingerprint density at radius 3 is 1.86 bits per heavy atom. The topological polar surface area (TPSA) is 14.1 Å². The van der Waals surface area contributed by atoms with Crippen molar-refractivity contribution < 1.29 is 51.3 Å². The normalized spacial score (nSPS) is 9.93. The summed E-state index contributed by atoms with van der Waals surface area (Å²) in [7, 11) is 0. The largest absolute Gasteiger partial charge is 0.766 e. The van der Waals surface area contributed by atoms with E-state index in [4.69, 9.17) is 0 Å². The van der Waals surface area contributed by atoms with E-state index < -0.39 is 0 Å². The fraction of sp³-hybridized carbons (Fsp3) is 0.636. The fourth-order valence-corrected chi connectivity index (χ4v) is 1.41. The fourth-order valence-electron chi connectivity index (χ4n) is 1.41. The predicted octanol–water partition coefficient (Wildman–Crippen LogP) is 2.99. The number of aromatic nitrogens is 1. The van der Waals surface area contributed by atoms with Crippen molar-refractivity contribution in [1.82, 2.24) is 4.98 Å². The van der Waals surface area contributed by atoms with E-state index in [2.05, 4.69) is 38.7 Å². The number of nitrogens with zero attached hydrogens (tertiary/aromatic N) is 1. The third-order valence-corrected chi connectivity index (χ3v) is 2.00. The van der Waals surface area contributed by atoms with Crippen LogP contribution in [-0.4, -0.2) is 0 Å². The van der Waals surface area contributed by atoms with Gasteiger partial charge in [0, 0.05) is 51.3 Å². The first kappa shape index (κ1) is 17.4. The Hall–Kier alpha value is 0.968. The molecule has 0 aromatic carbocycles. The van der Waals surface area contributed by atoms with Crippen molar-refractivity contribution in [3.63, 3.8) is 0 Å². The maximum Gasteiger partial charge on any atom is 0 e. The summed E-state index contributed by atoms with van der Waals surface area (Å²) in [5.41, 5.74) is 3.55. The van der Waals surface area contributed by atoms with E-state index >= 15 is 0 Å². The van der Waals surface area contributed by atoms with Crippen molar-refractivity contribution >= 4 is 0 Å². The van der Waals surface area contributed by atoms with E-state index in [1.165, 1.54) is 11.3 Å². The molecular weight excluding hydrogens is 286 g/mol. The molecule has 1 nitrogen and oxygen atoms in total. The minimum atomic E-state index is 0. The smallest absolute Gasteiger partial charge is 0 e. The van der Waals surface area contributed by atoms with E-state index in [0.29, 0.717) is 11.8 Å². The Morgan fingerprint density at radius 1 is 1.07 bits per heavy atom. The van der Waals surface area contributed by atoms with Crippen LogP contribution in [0.3, 0.4) is 0 Å². The molecule has 0 saturated carbocycles. The zero-order valence-electron chi connectivity index (χ0n) is 9.63. The summed E-state index contributed by atoms with van der Waals surface area (Å²) >= 11 is 0. The van der Waals surface area contributed by atoms with Crippen LogP contribution < -0.4 is 4.98 Å². The molecule has 76 valence electrons. The van der Waals surface area contributed by atoms with Crippen LogP contribution in [0.1, 0.15) is 56.5 Å². The van der Waals surface area contributed by atoms with Crippen LogP contribution in [0.15, 0.2) is 0 Å². The number of hydrogen-bond donors (Lipinski definition) is 0. The van der Waals surface area contributed by atoms with E-state index in [9.17, 15) is 0 Å². The maximum atomic E-state index is 4.48. The SMILES string of the molecule is Cc1[c-]c(C(C)C)c(C(C)C)[n-]1.[V].[Y]. The zero-order chi connectivity index (χ0) is 9.30. The molecule has 0 N–H and O–H groups in total. The van der Waals surface area contributed by atoms with Crippen molar-refractivity contribution in [3.8, 4) is 0 Å². The third kappa shape index (κ3) is 4.22. The molecule has 14 heavy (non-hydrogen) atoms. The summed E-state index contributed by atoms with van der Waals surface area (Å²) < 4.78 is 0. The minimum absolute atomic E-state index is 0. The molecule has 0 saturated heterocycles. The van der Waals surface area contributed by atoms with Gasteiger partial charge in [0.2, 0.25) is 0 Å². The molecule has 1 rings (SSSR count). The Morgan fingerprint density at radius 2 is 1.57 bits per heavy atom. The van der Waals surface area contributed by atoms with Crippen molar-refractivity contribution in [1.29, 1.82) is 0 Å². The van der Waals surface area contributed by atoms with Crippen LogP contribution in [-0.2, 0) is 51.3 Å². The first-order valence-electron chi connectivity index (χ1n) is 4.58. The van der Waals surface area contributed by atoms with Gasteiger partial charge in [0.05, 0.1) is 0 Å². The van der Waals surface area contributed by atoms with Gasteiger partial charge in [0.1, 0.15) is 0 Å². The Kier molecular flexibility index (Phi) is 9.03. The third-order valence-electron chi connectivity index (χ3n) is 2.00. The average Bonchev–Trinajstić information content (AvgIpc) is 2.31. The summed E-state index contributed by atoms with van der Waals surface area (Å²) in [6, 6.07) is 3.31. The zero-order valence-corrected chi connectivity index (χ0v) is 13.9. The first-order valence-corrected chi connectivity index (χ1v) is 4.58. The van der Waals surface area contributed by atoms with E-state index in [-0.39, 0.29) is 51.3 Å². The molecule has 3 heteroatoms. The van der Waals surface area contributed by atoms with Gasteiger partial charge in [-0.2, -0.15) is 0 Å². The Bertz CT molecular complexity index is 241. The van der Waals surface area contributed by atoms with E-state index in [1.54, 1.807) is 0 Å². The molecule has 0 aliphatic rings. The van der Waals surface area contributed by atoms with E-state index in [0.717, 1.165) is 5.69 Å². The molecule has 0 aliphatic carbocycles. The monoisotopic (exact) mass is 303 g/mol. The van der Waals surface area contributed by atoms with Crippen molar-refractivity contribution in [3.05, 3.63) is 23.0 Å². The molecule has 2 radical (unpaired) electrons. The van der Waals surface area contributed by atoms with Crippen molar-refractivity contribution in [2.24, 2.45) is 0 Å². The molecule has 0 atom stereocenters. The van der Waals surface area contributed by atoms with Gasteiger partial charge in [-0.3, -0.25) is 11.8 Å². The summed E-state index contributed by atoms with van der Waals surface area (Å²) in [6.45, 7) is 10.8. The van der Waals surface area contributed by atoms with Gasteiger partial charge in [-0.15, -0.1) is 5.92 Å². The molecule has 0 amide bonds. The molecule has 0 aliphatic heterocycles. The minimum Gasteiger partial charge on any atom is -0.766 e. The number of hydrogen-bond acceptors (Lipinski definition) is 0. The molecule has 1 heterocycles. The molecular formula is C11H17NVY-2. The molecule has 0 spiro atoms. The van der Waals surface area contributed by atoms with Gasteiger partial charge < -0.3 is 10.7 Å². The average molecular weight is 303 g/mol. The molecule has 0 unspecified atom stereocenters. The summed E-state index contributed by atoms with van der Waals surface area (Å²) in [4.78, 5) is 4.48. The van der Waals surface area contributed by atoms with Gasteiger partial charge in [-0.1, -0.05) is 40.5 Å². The second kappa shape index (κ2) is 7.28. The van der Waals surface area contributed by atoms with Gasteiger partial charge in [-0.05, 0) is 0 Å². The van der Waals surface area contributed by atoms with Crippen LogP contribution in [0, 0.1) is 13.0 Å². The molecule has 1 aromatic rings. The van der Waals surface area contributed by atoms with Gasteiger partial charge in [0.15, 0.2) is 0 Å². The molecule has 0 fully saturated rings. The van der Waals surface area contributed by atoms with Crippen LogP contribution in [0.2, 0.25) is 0 Å². The van der Waals surface area contributed by atoms with Crippen molar-refractivity contribution in [2.75, 3.05) is 0 Å². The number of rotatable bonds is 2. The van der Waals surface area contributed by atoms with Crippen LogP contribution in [0.4, 0.5) is 0 Å². The standard InChI is InChI=1S/C11H17N.V.Y/c1-7(2)10-6-9(5)12-11(10)8(3)4;;/h7-8H,1-5H3;;/q-2;;. The van der Waals surface area contributed by atoms with Gasteiger partial charge >= 0.3 is 0 Å². The quantitative estimate of drug-likeness (QED) is 0.766. The number of aryl methyl sites for hydroxylation is 1. The van der Waals surface area contributed by atoms with Crippen LogP contribution >= 0.6 is 0 Å². The van der Waals surface area contributed by atoms with Gasteiger partial charge in [0.25, 0.3) is 0 Å². The Labute approximate surface area is 125 Å². The maximum absolute atomic E-state index is 4.48. The van der Waals surface area contributed by atoms with Crippen LogP contribution in [0.5, 0.6) is 0 Å². The van der Waals surface area contributed by atoms with E-state index in [1.807, 2.05) is 6.92 Å². The van der Waals surface area contributed by atoms with Gasteiger partial charge in [-0.25, -0.2) is 5.56 Å².